The van der Waals surface area contributed by atoms with E-state index in [-0.39, 0.29) is 11.4 Å². The molecule has 0 amide bonds. The molecule has 0 saturated heterocycles. The van der Waals surface area contributed by atoms with E-state index < -0.39 is 0 Å². The van der Waals surface area contributed by atoms with E-state index in [1.165, 1.54) is 12.3 Å². The summed E-state index contributed by atoms with van der Waals surface area (Å²) in [6.45, 7) is 4.90. The Morgan fingerprint density at radius 3 is 2.80 bits per heavy atom. The third kappa shape index (κ3) is 4.71. The first-order chi connectivity index (χ1) is 7.03. The van der Waals surface area contributed by atoms with Crippen LogP contribution in [0, 0.1) is 5.82 Å². The summed E-state index contributed by atoms with van der Waals surface area (Å²) in [6.07, 6.45) is 3.92. The molecule has 1 rings (SSSR count). The molecule has 0 fully saturated rings. The average Bonchev–Trinajstić information content (AvgIpc) is 2.15. The fourth-order valence-electron chi connectivity index (χ4n) is 1.22. The van der Waals surface area contributed by atoms with Crippen molar-refractivity contribution in [1.29, 1.82) is 0 Å². The van der Waals surface area contributed by atoms with Crippen molar-refractivity contribution in [3.8, 4) is 0 Å². The molecule has 0 aliphatic carbocycles. The standard InChI is InChI=1S/C11H16BrFN2/c1-11(2,3-4-12)15-7-9-5-10(13)8-14-6-9/h5-6,8,15H,3-4,7H2,1-2H3. The van der Waals surface area contributed by atoms with Crippen LogP contribution in [0.4, 0.5) is 4.39 Å². The molecule has 0 aliphatic heterocycles. The molecular weight excluding hydrogens is 259 g/mol. The number of halogens is 2. The van der Waals surface area contributed by atoms with E-state index in [2.05, 4.69) is 40.1 Å². The number of rotatable bonds is 5. The van der Waals surface area contributed by atoms with Gasteiger partial charge in [0.1, 0.15) is 5.82 Å². The molecule has 2 nitrogen and oxygen atoms in total. The maximum Gasteiger partial charge on any atom is 0.141 e. The molecule has 0 saturated carbocycles. The quantitative estimate of drug-likeness (QED) is 0.836. The molecule has 1 N–H and O–H groups in total. The smallest absolute Gasteiger partial charge is 0.141 e. The van der Waals surface area contributed by atoms with Crippen LogP contribution in [0.2, 0.25) is 0 Å². The van der Waals surface area contributed by atoms with Crippen molar-refractivity contribution >= 4 is 15.9 Å². The molecule has 0 aliphatic rings. The number of aromatic nitrogens is 1. The highest BCUT2D eigenvalue weighted by molar-refractivity contribution is 9.09. The van der Waals surface area contributed by atoms with Gasteiger partial charge in [0, 0.05) is 23.6 Å². The zero-order valence-corrected chi connectivity index (χ0v) is 10.6. The Hall–Kier alpha value is -0.480. The summed E-state index contributed by atoms with van der Waals surface area (Å²) in [6, 6.07) is 1.50. The van der Waals surface area contributed by atoms with Crippen LogP contribution in [0.1, 0.15) is 25.8 Å². The van der Waals surface area contributed by atoms with Gasteiger partial charge in [0.25, 0.3) is 0 Å². The molecule has 1 aromatic heterocycles. The molecular formula is C11H16BrFN2. The van der Waals surface area contributed by atoms with Gasteiger partial charge in [0.2, 0.25) is 0 Å². The van der Waals surface area contributed by atoms with Gasteiger partial charge >= 0.3 is 0 Å². The van der Waals surface area contributed by atoms with Crippen LogP contribution < -0.4 is 5.32 Å². The van der Waals surface area contributed by atoms with E-state index >= 15 is 0 Å². The van der Waals surface area contributed by atoms with E-state index in [4.69, 9.17) is 0 Å². The van der Waals surface area contributed by atoms with Gasteiger partial charge in [0.15, 0.2) is 0 Å². The second kappa shape index (κ2) is 5.56. The maximum absolute atomic E-state index is 12.8. The number of alkyl halides is 1. The number of nitrogens with one attached hydrogen (secondary N) is 1. The van der Waals surface area contributed by atoms with Gasteiger partial charge in [-0.25, -0.2) is 4.39 Å². The van der Waals surface area contributed by atoms with E-state index in [1.807, 2.05) is 0 Å². The van der Waals surface area contributed by atoms with Crippen molar-refractivity contribution in [3.05, 3.63) is 29.8 Å². The third-order valence-electron chi connectivity index (χ3n) is 2.25. The highest BCUT2D eigenvalue weighted by Crippen LogP contribution is 2.11. The molecule has 0 bridgehead atoms. The van der Waals surface area contributed by atoms with Crippen molar-refractivity contribution in [2.24, 2.45) is 0 Å². The van der Waals surface area contributed by atoms with Gasteiger partial charge < -0.3 is 5.32 Å². The molecule has 0 atom stereocenters. The predicted molar refractivity (Wildman–Crippen MR) is 63.5 cm³/mol. The summed E-state index contributed by atoms with van der Waals surface area (Å²) >= 11 is 3.41. The lowest BCUT2D eigenvalue weighted by atomic mass is 10.0. The summed E-state index contributed by atoms with van der Waals surface area (Å²) in [4.78, 5) is 3.81. The maximum atomic E-state index is 12.8. The monoisotopic (exact) mass is 274 g/mol. The Kier molecular flexibility index (Phi) is 4.67. The van der Waals surface area contributed by atoms with E-state index in [1.54, 1.807) is 6.20 Å². The lowest BCUT2D eigenvalue weighted by molar-refractivity contribution is 0.377. The molecule has 1 aromatic rings. The first-order valence-electron chi connectivity index (χ1n) is 4.94. The zero-order valence-electron chi connectivity index (χ0n) is 9.06. The average molecular weight is 275 g/mol. The predicted octanol–water partition coefficient (Wildman–Crippen LogP) is 2.87. The molecule has 4 heteroatoms. The van der Waals surface area contributed by atoms with Gasteiger partial charge in [-0.05, 0) is 31.9 Å². The highest BCUT2D eigenvalue weighted by atomic mass is 79.9. The molecule has 1 heterocycles. The Morgan fingerprint density at radius 2 is 2.20 bits per heavy atom. The van der Waals surface area contributed by atoms with Crippen LogP contribution in [-0.2, 0) is 6.54 Å². The van der Waals surface area contributed by atoms with Crippen LogP contribution >= 0.6 is 15.9 Å². The third-order valence-corrected chi connectivity index (χ3v) is 2.65. The van der Waals surface area contributed by atoms with Crippen molar-refractivity contribution in [1.82, 2.24) is 10.3 Å². The first kappa shape index (κ1) is 12.6. The topological polar surface area (TPSA) is 24.9 Å². The number of hydrogen-bond donors (Lipinski definition) is 1. The van der Waals surface area contributed by atoms with Crippen LogP contribution in [0.15, 0.2) is 18.5 Å². The minimum atomic E-state index is -0.285. The minimum Gasteiger partial charge on any atom is -0.308 e. The molecule has 0 unspecified atom stereocenters. The summed E-state index contributed by atoms with van der Waals surface area (Å²) in [5.74, 6) is -0.285. The number of hydrogen-bond acceptors (Lipinski definition) is 2. The SMILES string of the molecule is CC(C)(CCBr)NCc1cncc(F)c1. The molecule has 0 spiro atoms. The van der Waals surface area contributed by atoms with Gasteiger partial charge in [-0.3, -0.25) is 4.98 Å². The van der Waals surface area contributed by atoms with Gasteiger partial charge in [-0.15, -0.1) is 0 Å². The molecule has 15 heavy (non-hydrogen) atoms. The van der Waals surface area contributed by atoms with Crippen molar-refractivity contribution in [2.45, 2.75) is 32.4 Å². The van der Waals surface area contributed by atoms with E-state index in [9.17, 15) is 4.39 Å². The van der Waals surface area contributed by atoms with Gasteiger partial charge in [0.05, 0.1) is 6.20 Å². The fourth-order valence-corrected chi connectivity index (χ4v) is 2.21. The van der Waals surface area contributed by atoms with E-state index in [0.29, 0.717) is 6.54 Å². The molecule has 0 radical (unpaired) electrons. The first-order valence-corrected chi connectivity index (χ1v) is 6.06. The lowest BCUT2D eigenvalue weighted by Crippen LogP contribution is -2.39. The summed E-state index contributed by atoms with van der Waals surface area (Å²) in [5.41, 5.74) is 0.924. The second-order valence-corrected chi connectivity index (χ2v) is 4.98. The Morgan fingerprint density at radius 1 is 1.47 bits per heavy atom. The van der Waals surface area contributed by atoms with Gasteiger partial charge in [-0.2, -0.15) is 0 Å². The zero-order chi connectivity index (χ0) is 11.3. The van der Waals surface area contributed by atoms with Crippen LogP contribution in [0.3, 0.4) is 0 Å². The number of nitrogens with zero attached hydrogens (tertiary/aromatic N) is 1. The van der Waals surface area contributed by atoms with Crippen LogP contribution in [0.5, 0.6) is 0 Å². The summed E-state index contributed by atoms with van der Waals surface area (Å²) < 4.78 is 12.8. The summed E-state index contributed by atoms with van der Waals surface area (Å²) in [5, 5.41) is 4.32. The normalized spacial score (nSPS) is 11.7. The Bertz CT molecular complexity index is 315. The lowest BCUT2D eigenvalue weighted by Gasteiger charge is -2.25. The van der Waals surface area contributed by atoms with Crippen LogP contribution in [0.25, 0.3) is 0 Å². The Labute approximate surface area is 98.4 Å². The van der Waals surface area contributed by atoms with Gasteiger partial charge in [-0.1, -0.05) is 15.9 Å². The fraction of sp³-hybridized carbons (Fsp3) is 0.545. The Balaban J connectivity index is 2.49. The summed E-state index contributed by atoms with van der Waals surface area (Å²) in [7, 11) is 0. The van der Waals surface area contributed by atoms with Crippen molar-refractivity contribution in [3.63, 3.8) is 0 Å². The van der Waals surface area contributed by atoms with E-state index in [0.717, 1.165) is 17.3 Å². The van der Waals surface area contributed by atoms with Crippen molar-refractivity contribution in [2.75, 3.05) is 5.33 Å². The number of pyridine rings is 1. The largest absolute Gasteiger partial charge is 0.308 e. The second-order valence-electron chi connectivity index (χ2n) is 4.19. The van der Waals surface area contributed by atoms with Crippen LogP contribution in [-0.4, -0.2) is 15.9 Å². The molecule has 0 aromatic carbocycles. The highest BCUT2D eigenvalue weighted by Gasteiger charge is 2.15. The molecule has 84 valence electrons. The minimum absolute atomic E-state index is 0.0514. The van der Waals surface area contributed by atoms with Crippen molar-refractivity contribution < 1.29 is 4.39 Å².